The van der Waals surface area contributed by atoms with Crippen LogP contribution in [0.15, 0.2) is 30.5 Å². The average Bonchev–Trinajstić information content (AvgIpc) is 2.72. The molecule has 0 bridgehead atoms. The monoisotopic (exact) mass is 263 g/mol. The lowest BCUT2D eigenvalue weighted by Crippen LogP contribution is -2.20. The number of nitrogens with two attached hydrogens (primary N) is 1. The number of nitrogens with one attached hydrogen (secondary N) is 2. The van der Waals surface area contributed by atoms with Crippen LogP contribution in [0.25, 0.3) is 0 Å². The zero-order chi connectivity index (χ0) is 13.8. The number of hydrogen-bond donors (Lipinski definition) is 3. The van der Waals surface area contributed by atoms with Gasteiger partial charge in [-0.2, -0.15) is 5.10 Å². The summed E-state index contributed by atoms with van der Waals surface area (Å²) in [7, 11) is 1.74. The predicted molar refractivity (Wildman–Crippen MR) is 70.1 cm³/mol. The molecule has 0 unspecified atom stereocenters. The summed E-state index contributed by atoms with van der Waals surface area (Å²) in [6, 6.07) is 5.01. The number of nitrogens with zero attached hydrogens (tertiary/aromatic N) is 2. The van der Waals surface area contributed by atoms with Crippen LogP contribution in [-0.2, 0) is 13.6 Å². The standard InChI is InChI=1S/C12H14FN5O/c1-18-7-8(6-14)11(17-18)16-12(19)15-10-4-2-9(13)3-5-10/h2-5,7H,6,14H2,1H3,(H2,15,16,17,19). The van der Waals surface area contributed by atoms with E-state index in [1.165, 1.54) is 24.3 Å². The highest BCUT2D eigenvalue weighted by Crippen LogP contribution is 2.13. The number of carbonyl (C=O) groups excluding carboxylic acids is 1. The Morgan fingerprint density at radius 3 is 2.68 bits per heavy atom. The fraction of sp³-hybridized carbons (Fsp3) is 0.167. The Labute approximate surface area is 109 Å². The molecule has 0 saturated heterocycles. The summed E-state index contributed by atoms with van der Waals surface area (Å²) in [6.07, 6.45) is 1.73. The van der Waals surface area contributed by atoms with E-state index in [4.69, 9.17) is 5.73 Å². The molecular weight excluding hydrogens is 249 g/mol. The van der Waals surface area contributed by atoms with E-state index in [2.05, 4.69) is 15.7 Å². The molecule has 2 aromatic rings. The summed E-state index contributed by atoms with van der Waals surface area (Å²) in [5.41, 5.74) is 6.77. The lowest BCUT2D eigenvalue weighted by molar-refractivity contribution is 0.262. The summed E-state index contributed by atoms with van der Waals surface area (Å²) in [6.45, 7) is 0.278. The van der Waals surface area contributed by atoms with Crippen LogP contribution in [0, 0.1) is 5.82 Å². The topological polar surface area (TPSA) is 85.0 Å². The minimum absolute atomic E-state index is 0.278. The van der Waals surface area contributed by atoms with Crippen LogP contribution in [0.3, 0.4) is 0 Å². The number of aromatic nitrogens is 2. The number of benzene rings is 1. The van der Waals surface area contributed by atoms with Gasteiger partial charge in [-0.1, -0.05) is 0 Å². The fourth-order valence-corrected chi connectivity index (χ4v) is 1.60. The van der Waals surface area contributed by atoms with Gasteiger partial charge in [0.2, 0.25) is 0 Å². The molecule has 0 atom stereocenters. The van der Waals surface area contributed by atoms with Gasteiger partial charge in [-0.15, -0.1) is 0 Å². The van der Waals surface area contributed by atoms with E-state index in [1.54, 1.807) is 17.9 Å². The predicted octanol–water partition coefficient (Wildman–Crippen LogP) is 1.66. The number of urea groups is 1. The van der Waals surface area contributed by atoms with E-state index < -0.39 is 6.03 Å². The van der Waals surface area contributed by atoms with Crippen LogP contribution in [0.1, 0.15) is 5.56 Å². The molecule has 19 heavy (non-hydrogen) atoms. The first kappa shape index (κ1) is 13.0. The van der Waals surface area contributed by atoms with E-state index in [9.17, 15) is 9.18 Å². The second-order valence-electron chi connectivity index (χ2n) is 3.97. The van der Waals surface area contributed by atoms with Gasteiger partial charge in [-0.25, -0.2) is 9.18 Å². The van der Waals surface area contributed by atoms with Crippen molar-refractivity contribution in [2.24, 2.45) is 12.8 Å². The minimum atomic E-state index is -0.458. The molecule has 7 heteroatoms. The molecule has 0 radical (unpaired) electrons. The van der Waals surface area contributed by atoms with Crippen molar-refractivity contribution in [1.29, 1.82) is 0 Å². The molecule has 100 valence electrons. The van der Waals surface area contributed by atoms with Crippen LogP contribution in [0.2, 0.25) is 0 Å². The lowest BCUT2D eigenvalue weighted by Gasteiger charge is -2.06. The fourth-order valence-electron chi connectivity index (χ4n) is 1.60. The molecule has 4 N–H and O–H groups in total. The molecular formula is C12H14FN5O. The van der Waals surface area contributed by atoms with Crippen molar-refractivity contribution in [3.8, 4) is 0 Å². The van der Waals surface area contributed by atoms with Crippen molar-refractivity contribution in [1.82, 2.24) is 9.78 Å². The normalized spacial score (nSPS) is 10.3. The molecule has 0 aliphatic rings. The van der Waals surface area contributed by atoms with Crippen molar-refractivity contribution in [2.45, 2.75) is 6.54 Å². The Hall–Kier alpha value is -2.41. The molecule has 0 aliphatic carbocycles. The SMILES string of the molecule is Cn1cc(CN)c(NC(=O)Nc2ccc(F)cc2)n1. The van der Waals surface area contributed by atoms with Crippen LogP contribution in [0.5, 0.6) is 0 Å². The van der Waals surface area contributed by atoms with Gasteiger partial charge in [0.15, 0.2) is 5.82 Å². The largest absolute Gasteiger partial charge is 0.326 e. The Balaban J connectivity index is 2.03. The van der Waals surface area contributed by atoms with E-state index in [0.29, 0.717) is 11.5 Å². The summed E-state index contributed by atoms with van der Waals surface area (Å²) in [5, 5.41) is 9.24. The maximum Gasteiger partial charge on any atom is 0.324 e. The maximum absolute atomic E-state index is 12.7. The molecule has 0 saturated carbocycles. The van der Waals surface area contributed by atoms with E-state index in [0.717, 1.165) is 5.56 Å². The Morgan fingerprint density at radius 2 is 2.05 bits per heavy atom. The second kappa shape index (κ2) is 5.49. The van der Waals surface area contributed by atoms with Gasteiger partial charge in [-0.05, 0) is 24.3 Å². The smallest absolute Gasteiger partial charge is 0.324 e. The third-order valence-electron chi connectivity index (χ3n) is 2.46. The Bertz CT molecular complexity index is 578. The second-order valence-corrected chi connectivity index (χ2v) is 3.97. The molecule has 1 aromatic heterocycles. The number of rotatable bonds is 3. The van der Waals surface area contributed by atoms with Crippen molar-refractivity contribution in [3.05, 3.63) is 41.8 Å². The van der Waals surface area contributed by atoms with Gasteiger partial charge in [-0.3, -0.25) is 10.00 Å². The zero-order valence-electron chi connectivity index (χ0n) is 10.4. The van der Waals surface area contributed by atoms with Crippen molar-refractivity contribution in [3.63, 3.8) is 0 Å². The summed E-state index contributed by atoms with van der Waals surface area (Å²) < 4.78 is 14.3. The van der Waals surface area contributed by atoms with Crippen molar-refractivity contribution >= 4 is 17.5 Å². The number of amides is 2. The average molecular weight is 263 g/mol. The third kappa shape index (κ3) is 3.29. The number of carbonyl (C=O) groups is 1. The first-order chi connectivity index (χ1) is 9.08. The van der Waals surface area contributed by atoms with Crippen molar-refractivity contribution < 1.29 is 9.18 Å². The summed E-state index contributed by atoms with van der Waals surface area (Å²) in [4.78, 5) is 11.7. The van der Waals surface area contributed by atoms with E-state index in [1.807, 2.05) is 0 Å². The van der Waals surface area contributed by atoms with E-state index in [-0.39, 0.29) is 12.4 Å². The molecule has 0 fully saturated rings. The van der Waals surface area contributed by atoms with Crippen LogP contribution in [0.4, 0.5) is 20.7 Å². The van der Waals surface area contributed by atoms with Gasteiger partial charge in [0, 0.05) is 31.0 Å². The van der Waals surface area contributed by atoms with Crippen LogP contribution < -0.4 is 16.4 Å². The molecule has 1 aromatic carbocycles. The van der Waals surface area contributed by atoms with Crippen molar-refractivity contribution in [2.75, 3.05) is 10.6 Å². The molecule has 1 heterocycles. The summed E-state index contributed by atoms with van der Waals surface area (Å²) in [5.74, 6) is 0.0470. The van der Waals surface area contributed by atoms with Gasteiger partial charge < -0.3 is 11.1 Å². The zero-order valence-corrected chi connectivity index (χ0v) is 10.4. The number of halogens is 1. The third-order valence-corrected chi connectivity index (χ3v) is 2.46. The van der Waals surface area contributed by atoms with Gasteiger partial charge in [0.05, 0.1) is 0 Å². The molecule has 6 nitrogen and oxygen atoms in total. The number of anilines is 2. The highest BCUT2D eigenvalue weighted by molar-refractivity contribution is 5.99. The Morgan fingerprint density at radius 1 is 1.37 bits per heavy atom. The first-order valence-corrected chi connectivity index (χ1v) is 5.64. The Kier molecular flexibility index (Phi) is 3.76. The number of hydrogen-bond acceptors (Lipinski definition) is 3. The first-order valence-electron chi connectivity index (χ1n) is 5.64. The van der Waals surface area contributed by atoms with Gasteiger partial charge in [0.1, 0.15) is 5.82 Å². The highest BCUT2D eigenvalue weighted by atomic mass is 19.1. The molecule has 0 aliphatic heterocycles. The lowest BCUT2D eigenvalue weighted by atomic mass is 10.3. The number of aryl methyl sites for hydroxylation is 1. The van der Waals surface area contributed by atoms with E-state index >= 15 is 0 Å². The molecule has 2 rings (SSSR count). The molecule has 2 amide bonds. The summed E-state index contributed by atoms with van der Waals surface area (Å²) >= 11 is 0. The highest BCUT2D eigenvalue weighted by Gasteiger charge is 2.10. The quantitative estimate of drug-likeness (QED) is 0.787. The minimum Gasteiger partial charge on any atom is -0.326 e. The maximum atomic E-state index is 12.7. The van der Waals surface area contributed by atoms with Gasteiger partial charge in [0.25, 0.3) is 0 Å². The van der Waals surface area contributed by atoms with Crippen LogP contribution in [-0.4, -0.2) is 15.8 Å². The van der Waals surface area contributed by atoms with Crippen LogP contribution >= 0.6 is 0 Å². The van der Waals surface area contributed by atoms with Gasteiger partial charge >= 0.3 is 6.03 Å². The molecule has 0 spiro atoms.